The Morgan fingerprint density at radius 2 is 1.73 bits per heavy atom. The summed E-state index contributed by atoms with van der Waals surface area (Å²) in [7, 11) is 0. The molecule has 0 radical (unpaired) electrons. The van der Waals surface area contributed by atoms with Gasteiger partial charge in [0.2, 0.25) is 0 Å². The van der Waals surface area contributed by atoms with Gasteiger partial charge in [-0.15, -0.1) is 0 Å². The molecule has 1 N–H and O–H groups in total. The summed E-state index contributed by atoms with van der Waals surface area (Å²) in [5, 5.41) is 11.8. The quantitative estimate of drug-likeness (QED) is 0.862. The maximum atomic E-state index is 12.6. The van der Waals surface area contributed by atoms with Gasteiger partial charge in [-0.25, -0.2) is 0 Å². The highest BCUT2D eigenvalue weighted by Gasteiger charge is 2.53. The fourth-order valence-corrected chi connectivity index (χ4v) is 3.10. The van der Waals surface area contributed by atoms with Crippen LogP contribution in [0.1, 0.15) is 12.5 Å². The van der Waals surface area contributed by atoms with Gasteiger partial charge in [0.1, 0.15) is 5.60 Å². The second kappa shape index (κ2) is 5.27. The number of carbonyl (C=O) groups is 1. The lowest BCUT2D eigenvalue weighted by Gasteiger charge is -2.31. The van der Waals surface area contributed by atoms with E-state index < -0.39 is 11.6 Å². The molecule has 0 aliphatic carbocycles. The van der Waals surface area contributed by atoms with Gasteiger partial charge in [0.25, 0.3) is 5.91 Å². The molecular formula is C18H16ClNO2. The molecule has 0 saturated carbocycles. The summed E-state index contributed by atoms with van der Waals surface area (Å²) in [4.78, 5) is 14.2. The zero-order chi connectivity index (χ0) is 15.9. The first-order valence-electron chi connectivity index (χ1n) is 7.02. The number of aliphatic hydroxyl groups is 1. The van der Waals surface area contributed by atoms with Crippen LogP contribution in [0.15, 0.2) is 66.7 Å². The minimum absolute atomic E-state index is 0.172. The van der Waals surface area contributed by atoms with Crippen LogP contribution >= 0.6 is 11.6 Å². The first kappa shape index (κ1) is 14.8. The monoisotopic (exact) mass is 313 g/mol. The molecule has 1 aliphatic heterocycles. The van der Waals surface area contributed by atoms with E-state index in [1.54, 1.807) is 29.2 Å². The highest BCUT2D eigenvalue weighted by molar-refractivity contribution is 6.30. The molecule has 1 aliphatic rings. The topological polar surface area (TPSA) is 40.5 Å². The van der Waals surface area contributed by atoms with Crippen LogP contribution in [0.4, 0.5) is 5.69 Å². The molecule has 2 aromatic rings. The van der Waals surface area contributed by atoms with Crippen molar-refractivity contribution in [2.75, 3.05) is 4.90 Å². The number of carbonyl (C=O) groups excluding carboxylic acids is 1. The summed E-state index contributed by atoms with van der Waals surface area (Å²) < 4.78 is 0. The average molecular weight is 314 g/mol. The summed E-state index contributed by atoms with van der Waals surface area (Å²) in [6.45, 7) is 5.66. The Morgan fingerprint density at radius 1 is 1.14 bits per heavy atom. The number of anilines is 1. The molecule has 2 atom stereocenters. The Kier molecular flexibility index (Phi) is 3.55. The average Bonchev–Trinajstić information content (AvgIpc) is 2.71. The molecule has 3 nitrogen and oxygen atoms in total. The van der Waals surface area contributed by atoms with Gasteiger partial charge in [-0.3, -0.25) is 4.79 Å². The van der Waals surface area contributed by atoms with Crippen molar-refractivity contribution in [3.05, 3.63) is 77.3 Å². The number of para-hydroxylation sites is 1. The Hall–Kier alpha value is -2.10. The number of halogens is 1. The van der Waals surface area contributed by atoms with Crippen LogP contribution < -0.4 is 4.90 Å². The smallest absolute Gasteiger partial charge is 0.257 e. The second-order valence-electron chi connectivity index (χ2n) is 5.44. The van der Waals surface area contributed by atoms with Crippen molar-refractivity contribution in [1.29, 1.82) is 0 Å². The van der Waals surface area contributed by atoms with E-state index >= 15 is 0 Å². The third kappa shape index (κ3) is 2.05. The van der Waals surface area contributed by atoms with Crippen molar-refractivity contribution in [3.63, 3.8) is 0 Å². The Labute approximate surface area is 134 Å². The van der Waals surface area contributed by atoms with E-state index in [0.717, 1.165) is 5.69 Å². The largest absolute Gasteiger partial charge is 0.378 e. The van der Waals surface area contributed by atoms with Crippen LogP contribution in [-0.2, 0) is 10.4 Å². The third-order valence-corrected chi connectivity index (χ3v) is 4.50. The van der Waals surface area contributed by atoms with Crippen LogP contribution in [0.3, 0.4) is 0 Å². The molecule has 112 valence electrons. The number of nitrogens with zero attached hydrogens (tertiary/aromatic N) is 1. The van der Waals surface area contributed by atoms with Gasteiger partial charge in [0, 0.05) is 16.3 Å². The zero-order valence-electron chi connectivity index (χ0n) is 12.2. The van der Waals surface area contributed by atoms with Gasteiger partial charge in [-0.1, -0.05) is 48.5 Å². The van der Waals surface area contributed by atoms with Gasteiger partial charge >= 0.3 is 0 Å². The van der Waals surface area contributed by atoms with E-state index in [0.29, 0.717) is 10.6 Å². The fourth-order valence-electron chi connectivity index (χ4n) is 2.97. The van der Waals surface area contributed by atoms with Crippen molar-refractivity contribution >= 4 is 23.2 Å². The summed E-state index contributed by atoms with van der Waals surface area (Å²) >= 11 is 5.91. The highest BCUT2D eigenvalue weighted by atomic mass is 35.5. The van der Waals surface area contributed by atoms with E-state index in [-0.39, 0.29) is 11.5 Å². The highest BCUT2D eigenvalue weighted by Crippen LogP contribution is 2.43. The summed E-state index contributed by atoms with van der Waals surface area (Å²) in [6, 6.07) is 15.7. The van der Waals surface area contributed by atoms with Crippen LogP contribution in [0.25, 0.3) is 0 Å². The van der Waals surface area contributed by atoms with Gasteiger partial charge in [-0.05, 0) is 36.8 Å². The first-order valence-corrected chi connectivity index (χ1v) is 7.40. The molecule has 1 amide bonds. The lowest BCUT2D eigenvalue weighted by Crippen LogP contribution is -2.41. The Balaban J connectivity index is 2.09. The molecule has 22 heavy (non-hydrogen) atoms. The van der Waals surface area contributed by atoms with E-state index in [4.69, 9.17) is 11.6 Å². The summed E-state index contributed by atoms with van der Waals surface area (Å²) in [6.07, 6.45) is 0. The SMILES string of the molecule is C=C1C(=O)N(c2ccccc2)[C@H](C)[C@@]1(O)c1ccc(Cl)cc1. The van der Waals surface area contributed by atoms with Crippen molar-refractivity contribution in [2.24, 2.45) is 0 Å². The molecule has 1 heterocycles. The standard InChI is InChI=1S/C18H16ClNO2/c1-12-17(21)20(16-6-4-3-5-7-16)13(2)18(12,22)14-8-10-15(19)11-9-14/h3-11,13,22H,1H2,2H3/t13-,18-/m1/s1. The van der Waals surface area contributed by atoms with Crippen LogP contribution in [0, 0.1) is 0 Å². The van der Waals surface area contributed by atoms with E-state index in [1.807, 2.05) is 37.3 Å². The molecule has 1 saturated heterocycles. The molecule has 0 aromatic heterocycles. The molecule has 4 heteroatoms. The van der Waals surface area contributed by atoms with Crippen LogP contribution in [-0.4, -0.2) is 17.1 Å². The normalized spacial score (nSPS) is 24.9. The van der Waals surface area contributed by atoms with Crippen molar-refractivity contribution in [2.45, 2.75) is 18.6 Å². The first-order chi connectivity index (χ1) is 10.5. The van der Waals surface area contributed by atoms with Crippen LogP contribution in [0.5, 0.6) is 0 Å². The molecule has 0 bridgehead atoms. The zero-order valence-corrected chi connectivity index (χ0v) is 12.9. The lowest BCUT2D eigenvalue weighted by molar-refractivity contribution is -0.114. The van der Waals surface area contributed by atoms with Gasteiger partial charge in [0.15, 0.2) is 0 Å². The molecule has 2 aromatic carbocycles. The number of hydrogen-bond acceptors (Lipinski definition) is 2. The van der Waals surface area contributed by atoms with Gasteiger partial charge in [0.05, 0.1) is 6.04 Å². The Bertz CT molecular complexity index is 727. The molecular weight excluding hydrogens is 298 g/mol. The second-order valence-corrected chi connectivity index (χ2v) is 5.87. The summed E-state index contributed by atoms with van der Waals surface area (Å²) in [5.74, 6) is -0.267. The fraction of sp³-hybridized carbons (Fsp3) is 0.167. The van der Waals surface area contributed by atoms with Gasteiger partial charge < -0.3 is 10.0 Å². The molecule has 1 fully saturated rings. The van der Waals surface area contributed by atoms with Crippen molar-refractivity contribution < 1.29 is 9.90 Å². The number of rotatable bonds is 2. The number of hydrogen-bond donors (Lipinski definition) is 1. The minimum Gasteiger partial charge on any atom is -0.378 e. The third-order valence-electron chi connectivity index (χ3n) is 4.25. The van der Waals surface area contributed by atoms with Crippen molar-refractivity contribution in [1.82, 2.24) is 0 Å². The van der Waals surface area contributed by atoms with Crippen molar-refractivity contribution in [3.8, 4) is 0 Å². The van der Waals surface area contributed by atoms with E-state index in [9.17, 15) is 9.90 Å². The number of amides is 1. The van der Waals surface area contributed by atoms with E-state index in [1.165, 1.54) is 0 Å². The predicted octanol–water partition coefficient (Wildman–Crippen LogP) is 3.52. The minimum atomic E-state index is -1.43. The molecule has 0 unspecified atom stereocenters. The maximum Gasteiger partial charge on any atom is 0.257 e. The predicted molar refractivity (Wildman–Crippen MR) is 87.9 cm³/mol. The van der Waals surface area contributed by atoms with Gasteiger partial charge in [-0.2, -0.15) is 0 Å². The number of benzene rings is 2. The Morgan fingerprint density at radius 3 is 2.32 bits per heavy atom. The molecule has 0 spiro atoms. The van der Waals surface area contributed by atoms with Crippen LogP contribution in [0.2, 0.25) is 5.02 Å². The van der Waals surface area contributed by atoms with E-state index in [2.05, 4.69) is 6.58 Å². The maximum absolute atomic E-state index is 12.6. The lowest BCUT2D eigenvalue weighted by atomic mass is 9.84. The summed E-state index contributed by atoms with van der Waals surface area (Å²) in [5.41, 5.74) is 0.0933. The molecule has 3 rings (SSSR count).